The Kier molecular flexibility index (Phi) is 3.66. The number of aromatic amines is 1. The normalized spacial score (nSPS) is 18.9. The molecule has 1 aromatic carbocycles. The molecule has 22 heavy (non-hydrogen) atoms. The average molecular weight is 366 g/mol. The molecule has 2 aliphatic rings. The summed E-state index contributed by atoms with van der Waals surface area (Å²) in [5.74, 6) is 2.52. The van der Waals surface area contributed by atoms with Gasteiger partial charge < -0.3 is 25.0 Å². The molecule has 0 aliphatic carbocycles. The zero-order valence-electron chi connectivity index (χ0n) is 12.4. The Hall–Kier alpha value is -1.40. The Morgan fingerprint density at radius 3 is 2.91 bits per heavy atom. The summed E-state index contributed by atoms with van der Waals surface area (Å²) in [5.41, 5.74) is 2.24. The van der Waals surface area contributed by atoms with E-state index in [-0.39, 0.29) is 0 Å². The van der Waals surface area contributed by atoms with E-state index in [2.05, 4.69) is 37.2 Å². The van der Waals surface area contributed by atoms with Crippen LogP contribution in [0.4, 0.5) is 11.5 Å². The first-order valence-electron chi connectivity index (χ1n) is 7.84. The highest BCUT2D eigenvalue weighted by Crippen LogP contribution is 2.43. The first kappa shape index (κ1) is 14.2. The fraction of sp³-hybridized carbons (Fsp3) is 0.500. The van der Waals surface area contributed by atoms with E-state index in [4.69, 9.17) is 4.74 Å². The van der Waals surface area contributed by atoms with Gasteiger partial charge in [-0.25, -0.2) is 0 Å². The Bertz CT molecular complexity index is 692. The predicted octanol–water partition coefficient (Wildman–Crippen LogP) is 2.94. The smallest absolute Gasteiger partial charge is 0.132 e. The van der Waals surface area contributed by atoms with Gasteiger partial charge in [0.15, 0.2) is 0 Å². The number of benzene rings is 1. The van der Waals surface area contributed by atoms with Crippen LogP contribution in [-0.4, -0.2) is 42.9 Å². The molecule has 0 unspecified atom stereocenters. The van der Waals surface area contributed by atoms with Crippen molar-refractivity contribution in [3.8, 4) is 5.75 Å². The third-order valence-corrected chi connectivity index (χ3v) is 5.12. The molecule has 1 saturated heterocycles. The van der Waals surface area contributed by atoms with Crippen LogP contribution in [0.5, 0.6) is 5.75 Å². The maximum Gasteiger partial charge on any atom is 0.132 e. The van der Waals surface area contributed by atoms with E-state index in [9.17, 15) is 5.11 Å². The topological polar surface area (TPSA) is 60.5 Å². The number of aromatic nitrogens is 1. The van der Waals surface area contributed by atoms with Crippen molar-refractivity contribution in [2.24, 2.45) is 5.92 Å². The molecule has 4 rings (SSSR count). The number of H-pyrrole nitrogens is 1. The summed E-state index contributed by atoms with van der Waals surface area (Å²) in [4.78, 5) is 5.94. The first-order valence-corrected chi connectivity index (χ1v) is 8.63. The highest BCUT2D eigenvalue weighted by Gasteiger charge is 2.25. The van der Waals surface area contributed by atoms with Crippen LogP contribution in [0.2, 0.25) is 0 Å². The van der Waals surface area contributed by atoms with Gasteiger partial charge in [0.2, 0.25) is 0 Å². The number of rotatable bonds is 2. The van der Waals surface area contributed by atoms with Gasteiger partial charge in [-0.2, -0.15) is 0 Å². The molecule has 0 amide bonds. The van der Waals surface area contributed by atoms with Crippen LogP contribution in [0.25, 0.3) is 10.9 Å². The summed E-state index contributed by atoms with van der Waals surface area (Å²) < 4.78 is 6.90. The quantitative estimate of drug-likeness (QED) is 0.765. The van der Waals surface area contributed by atoms with Crippen molar-refractivity contribution >= 4 is 38.3 Å². The third kappa shape index (κ3) is 2.34. The molecule has 0 saturated carbocycles. The van der Waals surface area contributed by atoms with Crippen molar-refractivity contribution in [3.63, 3.8) is 0 Å². The van der Waals surface area contributed by atoms with Crippen LogP contribution in [-0.2, 0) is 0 Å². The molecule has 2 aromatic rings. The lowest BCUT2D eigenvalue weighted by atomic mass is 9.98. The summed E-state index contributed by atoms with van der Waals surface area (Å²) in [6.45, 7) is 3.73. The van der Waals surface area contributed by atoms with Gasteiger partial charge in [-0.1, -0.05) is 15.9 Å². The first-order chi connectivity index (χ1) is 10.8. The summed E-state index contributed by atoms with van der Waals surface area (Å²) in [6, 6.07) is 4.14. The van der Waals surface area contributed by atoms with E-state index in [0.717, 1.165) is 65.1 Å². The minimum atomic E-state index is 0.302. The minimum absolute atomic E-state index is 0.302. The molecule has 2 aliphatic heterocycles. The van der Waals surface area contributed by atoms with Gasteiger partial charge in [-0.05, 0) is 30.9 Å². The van der Waals surface area contributed by atoms with Crippen molar-refractivity contribution < 1.29 is 9.84 Å². The lowest BCUT2D eigenvalue weighted by molar-refractivity contribution is 0.203. The molecule has 0 bridgehead atoms. The van der Waals surface area contributed by atoms with Crippen LogP contribution in [0.1, 0.15) is 12.8 Å². The molecule has 1 aromatic heterocycles. The molecular weight excluding hydrogens is 346 g/mol. The van der Waals surface area contributed by atoms with Crippen molar-refractivity contribution in [3.05, 3.63) is 16.6 Å². The Morgan fingerprint density at radius 1 is 1.32 bits per heavy atom. The molecule has 5 nitrogen and oxygen atoms in total. The van der Waals surface area contributed by atoms with E-state index in [0.29, 0.717) is 19.1 Å². The summed E-state index contributed by atoms with van der Waals surface area (Å²) in [6.07, 6.45) is 2.08. The zero-order chi connectivity index (χ0) is 15.1. The summed E-state index contributed by atoms with van der Waals surface area (Å²) >= 11 is 3.56. The van der Waals surface area contributed by atoms with Crippen LogP contribution >= 0.6 is 15.9 Å². The maximum atomic E-state index is 9.32. The average Bonchev–Trinajstić information content (AvgIpc) is 2.75. The number of piperidine rings is 1. The summed E-state index contributed by atoms with van der Waals surface area (Å²) in [7, 11) is 0. The Morgan fingerprint density at radius 2 is 2.14 bits per heavy atom. The third-order valence-electron chi connectivity index (χ3n) is 4.66. The SMILES string of the molecule is OCC1CCN(c2[nH]c3cc(Br)cc4c3c2NCCO4)CC1. The predicted molar refractivity (Wildman–Crippen MR) is 92.0 cm³/mol. The van der Waals surface area contributed by atoms with E-state index in [1.807, 2.05) is 6.07 Å². The number of hydrogen-bond donors (Lipinski definition) is 3. The van der Waals surface area contributed by atoms with Crippen LogP contribution in [0.3, 0.4) is 0 Å². The standard InChI is InChI=1S/C16H20BrN3O2/c17-11-7-12-14-13(8-11)22-6-3-18-15(14)16(19-12)20-4-1-10(9-21)2-5-20/h7-8,10,18-19,21H,1-6,9H2. The van der Waals surface area contributed by atoms with Crippen LogP contribution in [0, 0.1) is 5.92 Å². The molecule has 118 valence electrons. The highest BCUT2D eigenvalue weighted by molar-refractivity contribution is 9.10. The monoisotopic (exact) mass is 365 g/mol. The van der Waals surface area contributed by atoms with Gasteiger partial charge in [0.05, 0.1) is 16.6 Å². The molecule has 0 spiro atoms. The van der Waals surface area contributed by atoms with E-state index in [1.165, 1.54) is 0 Å². The number of nitrogens with zero attached hydrogens (tertiary/aromatic N) is 1. The van der Waals surface area contributed by atoms with Crippen molar-refractivity contribution in [1.29, 1.82) is 0 Å². The fourth-order valence-corrected chi connectivity index (χ4v) is 3.88. The molecule has 6 heteroatoms. The van der Waals surface area contributed by atoms with Gasteiger partial charge in [-0.3, -0.25) is 0 Å². The number of nitrogens with one attached hydrogen (secondary N) is 2. The van der Waals surface area contributed by atoms with Crippen molar-refractivity contribution in [2.75, 3.05) is 43.1 Å². The maximum absolute atomic E-state index is 9.32. The van der Waals surface area contributed by atoms with Crippen LogP contribution < -0.4 is 15.0 Å². The minimum Gasteiger partial charge on any atom is -0.491 e. The summed E-state index contributed by atoms with van der Waals surface area (Å²) in [5, 5.41) is 14.0. The second-order valence-corrected chi connectivity index (χ2v) is 6.98. The second-order valence-electron chi connectivity index (χ2n) is 6.06. The number of halogens is 1. The number of hydrogen-bond acceptors (Lipinski definition) is 4. The van der Waals surface area contributed by atoms with Gasteiger partial charge in [0.1, 0.15) is 18.2 Å². The fourth-order valence-electron chi connectivity index (χ4n) is 3.45. The van der Waals surface area contributed by atoms with Crippen LogP contribution in [0.15, 0.2) is 16.6 Å². The van der Waals surface area contributed by atoms with Crippen molar-refractivity contribution in [2.45, 2.75) is 12.8 Å². The Balaban J connectivity index is 1.76. The lowest BCUT2D eigenvalue weighted by Crippen LogP contribution is -2.35. The number of ether oxygens (including phenoxy) is 1. The number of aliphatic hydroxyl groups is 1. The van der Waals surface area contributed by atoms with E-state index >= 15 is 0 Å². The molecule has 1 fully saturated rings. The lowest BCUT2D eigenvalue weighted by Gasteiger charge is -2.32. The van der Waals surface area contributed by atoms with E-state index < -0.39 is 0 Å². The molecular formula is C16H20BrN3O2. The van der Waals surface area contributed by atoms with Crippen molar-refractivity contribution in [1.82, 2.24) is 4.98 Å². The van der Waals surface area contributed by atoms with Gasteiger partial charge >= 0.3 is 0 Å². The molecule has 3 heterocycles. The highest BCUT2D eigenvalue weighted by atomic mass is 79.9. The molecule has 0 radical (unpaired) electrons. The van der Waals surface area contributed by atoms with Gasteiger partial charge in [-0.15, -0.1) is 0 Å². The number of aliphatic hydroxyl groups excluding tert-OH is 1. The Labute approximate surface area is 137 Å². The van der Waals surface area contributed by atoms with Gasteiger partial charge in [0.25, 0.3) is 0 Å². The van der Waals surface area contributed by atoms with E-state index in [1.54, 1.807) is 0 Å². The molecule has 3 N–H and O–H groups in total. The largest absolute Gasteiger partial charge is 0.491 e. The number of anilines is 2. The molecule has 0 atom stereocenters. The second kappa shape index (κ2) is 5.66. The van der Waals surface area contributed by atoms with Gasteiger partial charge in [0, 0.05) is 30.7 Å². The zero-order valence-corrected chi connectivity index (χ0v) is 13.9.